The van der Waals surface area contributed by atoms with Crippen LogP contribution in [0, 0.1) is 19.7 Å². The molecular weight excluding hydrogens is 433 g/mol. The number of nitrogens with zero attached hydrogens (tertiary/aromatic N) is 4. The van der Waals surface area contributed by atoms with E-state index in [0.717, 1.165) is 28.3 Å². The minimum atomic E-state index is -0.252. The molecular formula is C26H24FN5S. The Hall–Kier alpha value is -3.58. The van der Waals surface area contributed by atoms with Crippen LogP contribution in [0.4, 0.5) is 4.39 Å². The monoisotopic (exact) mass is 457 g/mol. The number of aromatic nitrogens is 3. The van der Waals surface area contributed by atoms with Crippen molar-refractivity contribution in [2.24, 2.45) is 0 Å². The van der Waals surface area contributed by atoms with Crippen molar-refractivity contribution in [2.45, 2.75) is 32.5 Å². The summed E-state index contributed by atoms with van der Waals surface area (Å²) < 4.78 is 16.7. The minimum absolute atomic E-state index is 0.124. The highest BCUT2D eigenvalue weighted by Gasteiger charge is 2.41. The highest BCUT2D eigenvalue weighted by atomic mass is 32.1. The molecule has 1 aromatic carbocycles. The summed E-state index contributed by atoms with van der Waals surface area (Å²) in [4.78, 5) is 11.3. The number of para-hydroxylation sites is 1. The smallest absolute Gasteiger partial charge is 0.170 e. The Kier molecular flexibility index (Phi) is 5.64. The topological polar surface area (TPSA) is 46.0 Å². The fraction of sp³-hybridized carbons (Fsp3) is 0.192. The largest absolute Gasteiger partial charge is 0.352 e. The van der Waals surface area contributed by atoms with E-state index in [9.17, 15) is 4.39 Å². The van der Waals surface area contributed by atoms with Gasteiger partial charge in [-0.05, 0) is 74.1 Å². The quantitative estimate of drug-likeness (QED) is 0.418. The van der Waals surface area contributed by atoms with Gasteiger partial charge in [-0.3, -0.25) is 9.97 Å². The lowest BCUT2D eigenvalue weighted by atomic mass is 9.96. The molecule has 0 aliphatic carbocycles. The summed E-state index contributed by atoms with van der Waals surface area (Å²) in [5.74, 6) is -0.252. The van der Waals surface area contributed by atoms with E-state index in [1.54, 1.807) is 24.5 Å². The van der Waals surface area contributed by atoms with Gasteiger partial charge in [-0.15, -0.1) is 0 Å². The van der Waals surface area contributed by atoms with Crippen molar-refractivity contribution in [3.8, 4) is 5.69 Å². The number of aryl methyl sites for hydroxylation is 1. The molecule has 3 aromatic heterocycles. The van der Waals surface area contributed by atoms with Crippen molar-refractivity contribution in [1.82, 2.24) is 24.8 Å². The number of rotatable bonds is 5. The van der Waals surface area contributed by atoms with Gasteiger partial charge in [0.1, 0.15) is 5.82 Å². The molecule has 1 fully saturated rings. The molecule has 166 valence electrons. The molecule has 1 aliphatic rings. The highest BCUT2D eigenvalue weighted by molar-refractivity contribution is 7.80. The Labute approximate surface area is 197 Å². The van der Waals surface area contributed by atoms with Gasteiger partial charge in [0.25, 0.3) is 0 Å². The van der Waals surface area contributed by atoms with Gasteiger partial charge < -0.3 is 14.8 Å². The molecule has 4 heterocycles. The molecule has 5 nitrogen and oxygen atoms in total. The molecule has 0 saturated carbocycles. The minimum Gasteiger partial charge on any atom is -0.352 e. The van der Waals surface area contributed by atoms with Crippen LogP contribution in [0.15, 0.2) is 79.1 Å². The predicted octanol–water partition coefficient (Wildman–Crippen LogP) is 5.20. The Bertz CT molecular complexity index is 1290. The van der Waals surface area contributed by atoms with E-state index >= 15 is 0 Å². The van der Waals surface area contributed by atoms with Gasteiger partial charge in [-0.1, -0.05) is 24.3 Å². The molecule has 7 heteroatoms. The van der Waals surface area contributed by atoms with E-state index in [1.807, 2.05) is 60.9 Å². The highest BCUT2D eigenvalue weighted by Crippen LogP contribution is 2.42. The van der Waals surface area contributed by atoms with Gasteiger partial charge in [0, 0.05) is 23.8 Å². The van der Waals surface area contributed by atoms with Crippen LogP contribution in [0.1, 0.15) is 40.4 Å². The predicted molar refractivity (Wildman–Crippen MR) is 130 cm³/mol. The Morgan fingerprint density at radius 3 is 2.39 bits per heavy atom. The maximum absolute atomic E-state index is 14.7. The van der Waals surface area contributed by atoms with Crippen molar-refractivity contribution in [2.75, 3.05) is 0 Å². The number of benzene rings is 1. The second-order valence-electron chi connectivity index (χ2n) is 8.19. The number of nitrogens with one attached hydrogen (secondary N) is 1. The molecule has 0 bridgehead atoms. The van der Waals surface area contributed by atoms with Crippen molar-refractivity contribution in [3.63, 3.8) is 0 Å². The van der Waals surface area contributed by atoms with Gasteiger partial charge in [0.05, 0.1) is 35.7 Å². The van der Waals surface area contributed by atoms with Crippen molar-refractivity contribution in [1.29, 1.82) is 0 Å². The lowest BCUT2D eigenvalue weighted by Crippen LogP contribution is -2.29. The number of hydrogen-bond donors (Lipinski definition) is 1. The average molecular weight is 458 g/mol. The van der Waals surface area contributed by atoms with Crippen LogP contribution in [0.5, 0.6) is 0 Å². The first kappa shape index (κ1) is 21.3. The van der Waals surface area contributed by atoms with Crippen LogP contribution in [-0.2, 0) is 6.54 Å². The van der Waals surface area contributed by atoms with Crippen molar-refractivity contribution < 1.29 is 4.39 Å². The Balaban J connectivity index is 1.63. The zero-order valence-corrected chi connectivity index (χ0v) is 19.3. The number of pyridine rings is 2. The standard InChI is InChI=1S/C26H24FN5S/c1-17-15-20(18(2)32(17)23-12-4-3-10-21(23)27)25-24(22-11-6-8-14-29-22)30-26(33)31(25)16-19-9-5-7-13-28-19/h3-15,24-25H,16H2,1-2H3,(H,30,33)/t24-,25-/m0/s1. The molecule has 0 radical (unpaired) electrons. The fourth-order valence-electron chi connectivity index (χ4n) is 4.67. The van der Waals surface area contributed by atoms with Gasteiger partial charge in [0.2, 0.25) is 0 Å². The molecule has 5 rings (SSSR count). The van der Waals surface area contributed by atoms with Crippen LogP contribution in [0.2, 0.25) is 0 Å². The SMILES string of the molecule is Cc1cc([C@H]2[C@H](c3ccccn3)NC(=S)N2Cc2ccccn2)c(C)n1-c1ccccc1F. The number of hydrogen-bond acceptors (Lipinski definition) is 3. The summed E-state index contributed by atoms with van der Waals surface area (Å²) in [7, 11) is 0. The van der Waals surface area contributed by atoms with Crippen LogP contribution in [0.3, 0.4) is 0 Å². The maximum atomic E-state index is 14.7. The van der Waals surface area contributed by atoms with Gasteiger partial charge in [0.15, 0.2) is 5.11 Å². The molecule has 0 spiro atoms. The van der Waals surface area contributed by atoms with E-state index in [2.05, 4.69) is 26.3 Å². The third-order valence-electron chi connectivity index (χ3n) is 6.14. The molecule has 1 aliphatic heterocycles. The third kappa shape index (κ3) is 3.89. The number of thiocarbonyl (C=S) groups is 1. The second-order valence-corrected chi connectivity index (χ2v) is 8.58. The lowest BCUT2D eigenvalue weighted by Gasteiger charge is -2.28. The average Bonchev–Trinajstić information content (AvgIpc) is 3.30. The Morgan fingerprint density at radius 1 is 0.970 bits per heavy atom. The fourth-order valence-corrected chi connectivity index (χ4v) is 4.98. The zero-order valence-electron chi connectivity index (χ0n) is 18.4. The first-order valence-corrected chi connectivity index (χ1v) is 11.3. The van der Waals surface area contributed by atoms with Crippen molar-refractivity contribution in [3.05, 3.63) is 113 Å². The van der Waals surface area contributed by atoms with Gasteiger partial charge in [-0.2, -0.15) is 0 Å². The van der Waals surface area contributed by atoms with Crippen molar-refractivity contribution >= 4 is 17.3 Å². The molecule has 1 saturated heterocycles. The molecule has 4 aromatic rings. The second kappa shape index (κ2) is 8.75. The first-order chi connectivity index (χ1) is 16.0. The van der Waals surface area contributed by atoms with Crippen LogP contribution < -0.4 is 5.32 Å². The summed E-state index contributed by atoms with van der Waals surface area (Å²) >= 11 is 5.78. The molecule has 33 heavy (non-hydrogen) atoms. The van der Waals surface area contributed by atoms with Crippen LogP contribution in [0.25, 0.3) is 5.69 Å². The lowest BCUT2D eigenvalue weighted by molar-refractivity contribution is 0.307. The number of halogens is 1. The van der Waals surface area contributed by atoms with Gasteiger partial charge >= 0.3 is 0 Å². The molecule has 1 N–H and O–H groups in total. The van der Waals surface area contributed by atoms with E-state index in [0.29, 0.717) is 17.3 Å². The van der Waals surface area contributed by atoms with E-state index in [4.69, 9.17) is 12.2 Å². The third-order valence-corrected chi connectivity index (χ3v) is 6.49. The summed E-state index contributed by atoms with van der Waals surface area (Å²) in [6.45, 7) is 4.59. The summed E-state index contributed by atoms with van der Waals surface area (Å²) in [6.07, 6.45) is 3.58. The zero-order chi connectivity index (χ0) is 22.9. The van der Waals surface area contributed by atoms with E-state index < -0.39 is 0 Å². The molecule has 0 unspecified atom stereocenters. The van der Waals surface area contributed by atoms with Gasteiger partial charge in [-0.25, -0.2) is 4.39 Å². The maximum Gasteiger partial charge on any atom is 0.170 e. The van der Waals surface area contributed by atoms with E-state index in [-0.39, 0.29) is 17.9 Å². The van der Waals surface area contributed by atoms with Crippen LogP contribution in [-0.4, -0.2) is 24.5 Å². The summed E-state index contributed by atoms with van der Waals surface area (Å²) in [5.41, 5.74) is 5.39. The first-order valence-electron chi connectivity index (χ1n) is 10.9. The molecule has 0 amide bonds. The molecule has 2 atom stereocenters. The Morgan fingerprint density at radius 2 is 1.70 bits per heavy atom. The summed E-state index contributed by atoms with van der Waals surface area (Å²) in [6, 6.07) is 20.5. The van der Waals surface area contributed by atoms with Crippen LogP contribution >= 0.6 is 12.2 Å². The van der Waals surface area contributed by atoms with E-state index in [1.165, 1.54) is 6.07 Å². The summed E-state index contributed by atoms with van der Waals surface area (Å²) in [5, 5.41) is 4.13. The normalized spacial score (nSPS) is 17.9.